The molecule has 0 N–H and O–H groups in total. The van der Waals surface area contributed by atoms with Gasteiger partial charge in [-0.15, -0.1) is 0 Å². The average molecular weight is 381 g/mol. The fourth-order valence-electron chi connectivity index (χ4n) is 3.73. The fourth-order valence-corrected chi connectivity index (χ4v) is 3.73. The van der Waals surface area contributed by atoms with Crippen LogP contribution in [0.25, 0.3) is 17.0 Å². The first kappa shape index (κ1) is 18.8. The Morgan fingerprint density at radius 1 is 0.966 bits per heavy atom. The Bertz CT molecular complexity index is 1160. The van der Waals surface area contributed by atoms with E-state index in [1.807, 2.05) is 49.5 Å². The van der Waals surface area contributed by atoms with Gasteiger partial charge in [-0.1, -0.05) is 78.9 Å². The highest BCUT2D eigenvalue weighted by Crippen LogP contribution is 2.34. The number of fused-ring (bicyclic) bond motifs is 1. The SMILES string of the molecule is COC(=O)c1ccc2c([C@H](/C=C/c3ccccc3)c3ccccc3)cn(C)c2c1. The maximum atomic E-state index is 11.9. The molecule has 0 aliphatic heterocycles. The number of aromatic nitrogens is 1. The molecule has 0 fully saturated rings. The molecule has 0 unspecified atom stereocenters. The Kier molecular flexibility index (Phi) is 5.30. The van der Waals surface area contributed by atoms with Gasteiger partial charge < -0.3 is 9.30 Å². The van der Waals surface area contributed by atoms with Crippen molar-refractivity contribution in [1.29, 1.82) is 0 Å². The number of nitrogens with zero attached hydrogens (tertiary/aromatic N) is 1. The third-order valence-electron chi connectivity index (χ3n) is 5.22. The average Bonchev–Trinajstić information content (AvgIpc) is 3.10. The van der Waals surface area contributed by atoms with Crippen LogP contribution in [0.3, 0.4) is 0 Å². The molecule has 4 aromatic rings. The summed E-state index contributed by atoms with van der Waals surface area (Å²) < 4.78 is 6.95. The van der Waals surface area contributed by atoms with Crippen LogP contribution in [0.1, 0.15) is 33.0 Å². The molecule has 0 aliphatic rings. The molecule has 1 heterocycles. The lowest BCUT2D eigenvalue weighted by Crippen LogP contribution is -2.01. The van der Waals surface area contributed by atoms with Crippen molar-refractivity contribution in [3.63, 3.8) is 0 Å². The van der Waals surface area contributed by atoms with Gasteiger partial charge in [-0.3, -0.25) is 0 Å². The zero-order valence-electron chi connectivity index (χ0n) is 16.6. The predicted octanol–water partition coefficient (Wildman–Crippen LogP) is 5.81. The van der Waals surface area contributed by atoms with E-state index < -0.39 is 0 Å². The van der Waals surface area contributed by atoms with E-state index in [0.717, 1.165) is 10.9 Å². The minimum Gasteiger partial charge on any atom is -0.465 e. The van der Waals surface area contributed by atoms with Crippen LogP contribution >= 0.6 is 0 Å². The summed E-state index contributed by atoms with van der Waals surface area (Å²) in [5, 5.41) is 1.13. The summed E-state index contributed by atoms with van der Waals surface area (Å²) in [5.74, 6) is -0.220. The zero-order valence-corrected chi connectivity index (χ0v) is 16.6. The lowest BCUT2D eigenvalue weighted by molar-refractivity contribution is 0.0601. The molecule has 1 atom stereocenters. The third-order valence-corrected chi connectivity index (χ3v) is 5.22. The summed E-state index contributed by atoms with van der Waals surface area (Å²) in [5.41, 5.74) is 5.17. The normalized spacial score (nSPS) is 12.3. The number of aryl methyl sites for hydroxylation is 1. The van der Waals surface area contributed by atoms with E-state index in [-0.39, 0.29) is 11.9 Å². The summed E-state index contributed by atoms with van der Waals surface area (Å²) in [4.78, 5) is 11.9. The topological polar surface area (TPSA) is 31.2 Å². The van der Waals surface area contributed by atoms with Gasteiger partial charge in [0.2, 0.25) is 0 Å². The number of ether oxygens (including phenoxy) is 1. The van der Waals surface area contributed by atoms with Crippen molar-refractivity contribution in [2.45, 2.75) is 5.92 Å². The molecule has 3 nitrogen and oxygen atoms in total. The number of carbonyl (C=O) groups excluding carboxylic acids is 1. The Morgan fingerprint density at radius 3 is 2.34 bits per heavy atom. The van der Waals surface area contributed by atoms with Crippen molar-refractivity contribution in [3.8, 4) is 0 Å². The third kappa shape index (κ3) is 3.85. The van der Waals surface area contributed by atoms with Gasteiger partial charge in [0, 0.05) is 30.1 Å². The minimum atomic E-state index is -0.321. The van der Waals surface area contributed by atoms with Crippen molar-refractivity contribution in [3.05, 3.63) is 113 Å². The largest absolute Gasteiger partial charge is 0.465 e. The van der Waals surface area contributed by atoms with Crippen molar-refractivity contribution in [2.24, 2.45) is 7.05 Å². The van der Waals surface area contributed by atoms with Gasteiger partial charge in [-0.05, 0) is 28.8 Å². The summed E-state index contributed by atoms with van der Waals surface area (Å²) in [6.07, 6.45) is 6.56. The van der Waals surface area contributed by atoms with Gasteiger partial charge in [0.15, 0.2) is 0 Å². The molecule has 4 rings (SSSR count). The molecule has 0 aliphatic carbocycles. The van der Waals surface area contributed by atoms with Gasteiger partial charge in [-0.2, -0.15) is 0 Å². The highest BCUT2D eigenvalue weighted by atomic mass is 16.5. The molecule has 0 saturated heterocycles. The van der Waals surface area contributed by atoms with Crippen molar-refractivity contribution < 1.29 is 9.53 Å². The van der Waals surface area contributed by atoms with E-state index in [1.165, 1.54) is 23.8 Å². The summed E-state index contributed by atoms with van der Waals surface area (Å²) in [6.45, 7) is 0. The summed E-state index contributed by atoms with van der Waals surface area (Å²) >= 11 is 0. The van der Waals surface area contributed by atoms with Crippen molar-refractivity contribution in [2.75, 3.05) is 7.11 Å². The zero-order chi connectivity index (χ0) is 20.2. The number of rotatable bonds is 5. The fraction of sp³-hybridized carbons (Fsp3) is 0.115. The monoisotopic (exact) mass is 381 g/mol. The van der Waals surface area contributed by atoms with Gasteiger partial charge in [-0.25, -0.2) is 4.79 Å². The predicted molar refractivity (Wildman–Crippen MR) is 118 cm³/mol. The number of hydrogen-bond donors (Lipinski definition) is 0. The van der Waals surface area contributed by atoms with E-state index in [0.29, 0.717) is 5.56 Å². The maximum Gasteiger partial charge on any atom is 0.337 e. The summed E-state index contributed by atoms with van der Waals surface area (Å²) in [6, 6.07) is 26.5. The van der Waals surface area contributed by atoms with Crippen LogP contribution in [0.5, 0.6) is 0 Å². The smallest absolute Gasteiger partial charge is 0.337 e. The van der Waals surface area contributed by atoms with Crippen LogP contribution in [0.4, 0.5) is 0 Å². The van der Waals surface area contributed by atoms with E-state index in [1.54, 1.807) is 0 Å². The highest BCUT2D eigenvalue weighted by Gasteiger charge is 2.18. The Hall–Kier alpha value is -3.59. The Balaban J connectivity index is 1.83. The maximum absolute atomic E-state index is 11.9. The molecule has 0 amide bonds. The number of carbonyl (C=O) groups is 1. The van der Waals surface area contributed by atoms with Gasteiger partial charge in [0.25, 0.3) is 0 Å². The first-order valence-electron chi connectivity index (χ1n) is 9.63. The second-order valence-electron chi connectivity index (χ2n) is 7.08. The van der Waals surface area contributed by atoms with E-state index in [9.17, 15) is 4.79 Å². The summed E-state index contributed by atoms with van der Waals surface area (Å²) in [7, 11) is 3.42. The second kappa shape index (κ2) is 8.19. The van der Waals surface area contributed by atoms with Crippen LogP contribution < -0.4 is 0 Å². The number of methoxy groups -OCH3 is 1. The number of benzene rings is 3. The van der Waals surface area contributed by atoms with E-state index in [2.05, 4.69) is 59.3 Å². The highest BCUT2D eigenvalue weighted by molar-refractivity contribution is 5.96. The molecule has 3 heteroatoms. The van der Waals surface area contributed by atoms with Crippen LogP contribution in [-0.4, -0.2) is 17.6 Å². The quantitative estimate of drug-likeness (QED) is 0.409. The first-order valence-corrected chi connectivity index (χ1v) is 9.63. The molecule has 0 spiro atoms. The van der Waals surface area contributed by atoms with Crippen LogP contribution in [-0.2, 0) is 11.8 Å². The molecule has 0 saturated carbocycles. The lowest BCUT2D eigenvalue weighted by atomic mass is 9.90. The molecule has 29 heavy (non-hydrogen) atoms. The molecule has 3 aromatic carbocycles. The first-order chi connectivity index (χ1) is 14.2. The Morgan fingerprint density at radius 2 is 1.66 bits per heavy atom. The van der Waals surface area contributed by atoms with E-state index in [4.69, 9.17) is 4.74 Å². The van der Waals surface area contributed by atoms with Crippen LogP contribution in [0.2, 0.25) is 0 Å². The standard InChI is InChI=1S/C26H23NO2/c1-27-18-24(23-16-14-21(17-25(23)27)26(28)29-2)22(20-11-7-4-8-12-20)15-13-19-9-5-3-6-10-19/h3-18,22H,1-2H3/b15-13+/t22-/m1/s1. The molecule has 144 valence electrons. The molecular formula is C26H23NO2. The molecule has 1 aromatic heterocycles. The minimum absolute atomic E-state index is 0.101. The molecule has 0 radical (unpaired) electrons. The second-order valence-corrected chi connectivity index (χ2v) is 7.08. The van der Waals surface area contributed by atoms with Gasteiger partial charge >= 0.3 is 5.97 Å². The molecule has 0 bridgehead atoms. The lowest BCUT2D eigenvalue weighted by Gasteiger charge is -2.13. The number of allylic oxidation sites excluding steroid dienone is 1. The van der Waals surface area contributed by atoms with Crippen LogP contribution in [0.15, 0.2) is 91.1 Å². The van der Waals surface area contributed by atoms with Crippen molar-refractivity contribution in [1.82, 2.24) is 4.57 Å². The number of esters is 1. The molecular weight excluding hydrogens is 358 g/mol. The van der Waals surface area contributed by atoms with Gasteiger partial charge in [0.05, 0.1) is 12.7 Å². The van der Waals surface area contributed by atoms with E-state index >= 15 is 0 Å². The van der Waals surface area contributed by atoms with Crippen LogP contribution in [0, 0.1) is 0 Å². The number of hydrogen-bond acceptors (Lipinski definition) is 2. The van der Waals surface area contributed by atoms with Crippen molar-refractivity contribution >= 4 is 22.9 Å². The Labute approximate surface area is 170 Å². The van der Waals surface area contributed by atoms with Gasteiger partial charge in [0.1, 0.15) is 0 Å².